The molecule has 100 valence electrons. The van der Waals surface area contributed by atoms with E-state index in [4.69, 9.17) is 9.31 Å². The molecule has 0 aliphatic heterocycles. The van der Waals surface area contributed by atoms with Gasteiger partial charge in [0.25, 0.3) is 0 Å². The van der Waals surface area contributed by atoms with Crippen molar-refractivity contribution in [1.82, 2.24) is 9.97 Å². The van der Waals surface area contributed by atoms with Crippen LogP contribution in [0.1, 0.15) is 45.4 Å². The maximum atomic E-state index is 5.75. The SMILES string of the molecule is CCCCOB(OCCCC)c1cnc(C)nc1. The van der Waals surface area contributed by atoms with E-state index < -0.39 is 0 Å². The Bertz CT molecular complexity index is 309. The Balaban J connectivity index is 2.54. The van der Waals surface area contributed by atoms with Gasteiger partial charge in [0, 0.05) is 31.1 Å². The first-order valence-corrected chi connectivity index (χ1v) is 6.79. The second-order valence-electron chi connectivity index (χ2n) is 4.34. The van der Waals surface area contributed by atoms with Crippen molar-refractivity contribution in [3.05, 3.63) is 18.2 Å². The Morgan fingerprint density at radius 1 is 1.00 bits per heavy atom. The topological polar surface area (TPSA) is 44.2 Å². The third kappa shape index (κ3) is 5.60. The highest BCUT2D eigenvalue weighted by Crippen LogP contribution is 1.98. The normalized spacial score (nSPS) is 10.6. The zero-order valence-electron chi connectivity index (χ0n) is 11.7. The fourth-order valence-corrected chi connectivity index (χ4v) is 1.43. The van der Waals surface area contributed by atoms with Crippen molar-refractivity contribution < 1.29 is 9.31 Å². The zero-order valence-corrected chi connectivity index (χ0v) is 11.7. The Morgan fingerprint density at radius 2 is 1.50 bits per heavy atom. The average Bonchev–Trinajstić information content (AvgIpc) is 2.38. The quantitative estimate of drug-likeness (QED) is 0.497. The van der Waals surface area contributed by atoms with Gasteiger partial charge in [-0.25, -0.2) is 9.97 Å². The Kier molecular flexibility index (Phi) is 7.61. The minimum atomic E-state index is -0.330. The first kappa shape index (κ1) is 15.1. The molecule has 0 radical (unpaired) electrons. The Labute approximate surface area is 110 Å². The monoisotopic (exact) mass is 250 g/mol. The van der Waals surface area contributed by atoms with Crippen molar-refractivity contribution in [2.24, 2.45) is 0 Å². The van der Waals surface area contributed by atoms with Gasteiger partial charge in [0.15, 0.2) is 0 Å². The van der Waals surface area contributed by atoms with Gasteiger partial charge in [-0.2, -0.15) is 0 Å². The summed E-state index contributed by atoms with van der Waals surface area (Å²) in [6.07, 6.45) is 7.88. The summed E-state index contributed by atoms with van der Waals surface area (Å²) in [5.74, 6) is 0.764. The second-order valence-corrected chi connectivity index (χ2v) is 4.34. The van der Waals surface area contributed by atoms with Gasteiger partial charge < -0.3 is 9.31 Å². The Morgan fingerprint density at radius 3 is 1.94 bits per heavy atom. The summed E-state index contributed by atoms with van der Waals surface area (Å²) in [6, 6.07) is 0. The lowest BCUT2D eigenvalue weighted by Crippen LogP contribution is -2.38. The van der Waals surface area contributed by atoms with Gasteiger partial charge >= 0.3 is 7.12 Å². The van der Waals surface area contributed by atoms with Crippen molar-refractivity contribution in [2.45, 2.75) is 46.5 Å². The molecule has 0 unspecified atom stereocenters. The number of aryl methyl sites for hydroxylation is 1. The fraction of sp³-hybridized carbons (Fsp3) is 0.692. The predicted molar refractivity (Wildman–Crippen MR) is 73.9 cm³/mol. The van der Waals surface area contributed by atoms with Gasteiger partial charge in [0.05, 0.1) is 0 Å². The van der Waals surface area contributed by atoms with Gasteiger partial charge in [0.2, 0.25) is 0 Å². The summed E-state index contributed by atoms with van der Waals surface area (Å²) >= 11 is 0. The van der Waals surface area contributed by atoms with Crippen LogP contribution in [0.25, 0.3) is 0 Å². The van der Waals surface area contributed by atoms with E-state index in [0.29, 0.717) is 13.2 Å². The molecule has 1 heterocycles. The number of unbranched alkanes of at least 4 members (excludes halogenated alkanes) is 2. The summed E-state index contributed by atoms with van der Waals surface area (Å²) < 4.78 is 11.5. The third-order valence-electron chi connectivity index (χ3n) is 2.61. The van der Waals surface area contributed by atoms with E-state index in [1.54, 1.807) is 12.4 Å². The summed E-state index contributed by atoms with van der Waals surface area (Å²) in [5.41, 5.74) is 0.896. The summed E-state index contributed by atoms with van der Waals surface area (Å²) in [4.78, 5) is 8.37. The van der Waals surface area contributed by atoms with Gasteiger partial charge in [-0.05, 0) is 19.8 Å². The molecule has 0 N–H and O–H groups in total. The lowest BCUT2D eigenvalue weighted by molar-refractivity contribution is 0.202. The van der Waals surface area contributed by atoms with Gasteiger partial charge in [0.1, 0.15) is 5.82 Å². The average molecular weight is 250 g/mol. The molecule has 0 fully saturated rings. The van der Waals surface area contributed by atoms with Crippen molar-refractivity contribution in [2.75, 3.05) is 13.2 Å². The number of aromatic nitrogens is 2. The maximum Gasteiger partial charge on any atom is 0.497 e. The van der Waals surface area contributed by atoms with Crippen LogP contribution >= 0.6 is 0 Å². The lowest BCUT2D eigenvalue weighted by atomic mass is 9.81. The standard InChI is InChI=1S/C13H23BN2O2/c1-4-6-8-17-14(18-9-7-5-2)13-10-15-12(3)16-11-13/h10-11H,4-9H2,1-3H3. The first-order valence-electron chi connectivity index (χ1n) is 6.79. The molecule has 1 aromatic rings. The van der Waals surface area contributed by atoms with Crippen LogP contribution in [-0.2, 0) is 9.31 Å². The summed E-state index contributed by atoms with van der Waals surface area (Å²) in [5, 5.41) is 0. The highest BCUT2D eigenvalue weighted by atomic mass is 16.6. The molecule has 5 heteroatoms. The minimum absolute atomic E-state index is 0.330. The van der Waals surface area contributed by atoms with Crippen LogP contribution in [0.15, 0.2) is 12.4 Å². The molecule has 0 aliphatic rings. The molecule has 0 saturated heterocycles. The van der Waals surface area contributed by atoms with Crippen LogP contribution in [-0.4, -0.2) is 30.3 Å². The Hall–Kier alpha value is -0.935. The lowest BCUT2D eigenvalue weighted by Gasteiger charge is -2.14. The van der Waals surface area contributed by atoms with E-state index in [1.165, 1.54) is 0 Å². The third-order valence-corrected chi connectivity index (χ3v) is 2.61. The van der Waals surface area contributed by atoms with Crippen molar-refractivity contribution in [1.29, 1.82) is 0 Å². The van der Waals surface area contributed by atoms with Gasteiger partial charge in [-0.1, -0.05) is 26.7 Å². The highest BCUT2D eigenvalue weighted by molar-refractivity contribution is 6.61. The number of hydrogen-bond acceptors (Lipinski definition) is 4. The second kappa shape index (κ2) is 9.06. The van der Waals surface area contributed by atoms with Crippen LogP contribution < -0.4 is 5.46 Å². The number of nitrogens with zero attached hydrogens (tertiary/aromatic N) is 2. The largest absolute Gasteiger partial charge is 0.497 e. The van der Waals surface area contributed by atoms with Crippen molar-refractivity contribution >= 4 is 12.6 Å². The molecule has 0 saturated carbocycles. The molecule has 0 aliphatic carbocycles. The van der Waals surface area contributed by atoms with Crippen molar-refractivity contribution in [3.8, 4) is 0 Å². The van der Waals surface area contributed by atoms with Crippen LogP contribution in [0.2, 0.25) is 0 Å². The van der Waals surface area contributed by atoms with Crippen LogP contribution in [0, 0.1) is 6.92 Å². The zero-order chi connectivity index (χ0) is 13.2. The van der Waals surface area contributed by atoms with Crippen LogP contribution in [0.3, 0.4) is 0 Å². The molecule has 1 rings (SSSR count). The summed E-state index contributed by atoms with van der Waals surface area (Å²) in [7, 11) is -0.330. The van der Waals surface area contributed by atoms with E-state index >= 15 is 0 Å². The van der Waals surface area contributed by atoms with E-state index in [0.717, 1.165) is 37.0 Å². The molecule has 18 heavy (non-hydrogen) atoms. The van der Waals surface area contributed by atoms with E-state index in [1.807, 2.05) is 6.92 Å². The molecule has 0 aromatic carbocycles. The van der Waals surface area contributed by atoms with Crippen LogP contribution in [0.5, 0.6) is 0 Å². The van der Waals surface area contributed by atoms with Gasteiger partial charge in [-0.3, -0.25) is 0 Å². The number of rotatable bonds is 9. The molecule has 0 atom stereocenters. The molecular formula is C13H23BN2O2. The predicted octanol–water partition coefficient (Wildman–Crippen LogP) is 2.11. The van der Waals surface area contributed by atoms with Crippen LogP contribution in [0.4, 0.5) is 0 Å². The molecular weight excluding hydrogens is 227 g/mol. The van der Waals surface area contributed by atoms with E-state index in [2.05, 4.69) is 23.8 Å². The van der Waals surface area contributed by atoms with E-state index in [-0.39, 0.29) is 7.12 Å². The van der Waals surface area contributed by atoms with E-state index in [9.17, 15) is 0 Å². The molecule has 4 nitrogen and oxygen atoms in total. The first-order chi connectivity index (χ1) is 8.77. The highest BCUT2D eigenvalue weighted by Gasteiger charge is 2.21. The number of hydrogen-bond donors (Lipinski definition) is 0. The summed E-state index contributed by atoms with van der Waals surface area (Å²) in [6.45, 7) is 7.58. The fourth-order valence-electron chi connectivity index (χ4n) is 1.43. The molecule has 1 aromatic heterocycles. The van der Waals surface area contributed by atoms with Gasteiger partial charge in [-0.15, -0.1) is 0 Å². The minimum Gasteiger partial charge on any atom is -0.407 e. The maximum absolute atomic E-state index is 5.75. The van der Waals surface area contributed by atoms with Crippen molar-refractivity contribution in [3.63, 3.8) is 0 Å². The molecule has 0 amide bonds. The smallest absolute Gasteiger partial charge is 0.407 e. The molecule has 0 spiro atoms. The molecule has 0 bridgehead atoms.